The number of amides is 1. The van der Waals surface area contributed by atoms with Crippen molar-refractivity contribution in [3.63, 3.8) is 0 Å². The lowest BCUT2D eigenvalue weighted by molar-refractivity contribution is 0.0373. The van der Waals surface area contributed by atoms with Gasteiger partial charge in [-0.15, -0.1) is 4.80 Å². The van der Waals surface area contributed by atoms with E-state index in [1.54, 1.807) is 48.6 Å². The first-order chi connectivity index (χ1) is 13.5. The molecular formula is C18H22N8O2. The molecule has 0 aromatic carbocycles. The van der Waals surface area contributed by atoms with E-state index in [0.29, 0.717) is 29.5 Å². The summed E-state index contributed by atoms with van der Waals surface area (Å²) in [6, 6.07) is 3.48. The van der Waals surface area contributed by atoms with Crippen molar-refractivity contribution in [2.75, 3.05) is 12.3 Å². The Morgan fingerprint density at radius 1 is 1.25 bits per heavy atom. The van der Waals surface area contributed by atoms with Crippen LogP contribution >= 0.6 is 0 Å². The quantitative estimate of drug-likeness (QED) is 0.717. The number of rotatable bonds is 4. The maximum Gasteiger partial charge on any atom is 0.259 e. The number of ether oxygens (including phenoxy) is 1. The number of piperidine rings is 1. The van der Waals surface area contributed by atoms with Crippen molar-refractivity contribution in [2.24, 2.45) is 7.05 Å². The van der Waals surface area contributed by atoms with Crippen LogP contribution in [0.25, 0.3) is 5.82 Å². The van der Waals surface area contributed by atoms with Crippen LogP contribution in [0.15, 0.2) is 36.9 Å². The highest BCUT2D eigenvalue weighted by Gasteiger charge is 2.33. The van der Waals surface area contributed by atoms with Crippen molar-refractivity contribution in [2.45, 2.75) is 31.9 Å². The lowest BCUT2D eigenvalue weighted by atomic mass is 10.0. The highest BCUT2D eigenvalue weighted by Crippen LogP contribution is 2.24. The zero-order valence-corrected chi connectivity index (χ0v) is 15.8. The van der Waals surface area contributed by atoms with Crippen LogP contribution in [0, 0.1) is 0 Å². The van der Waals surface area contributed by atoms with Gasteiger partial charge in [0.1, 0.15) is 11.7 Å². The fourth-order valence-corrected chi connectivity index (χ4v) is 3.37. The molecule has 4 heterocycles. The van der Waals surface area contributed by atoms with Gasteiger partial charge in [-0.1, -0.05) is 0 Å². The minimum Gasteiger partial charge on any atom is -0.472 e. The van der Waals surface area contributed by atoms with Gasteiger partial charge in [0.25, 0.3) is 5.91 Å². The molecule has 3 aromatic rings. The molecule has 10 heteroatoms. The van der Waals surface area contributed by atoms with Gasteiger partial charge in [-0.05, 0) is 25.8 Å². The van der Waals surface area contributed by atoms with Crippen LogP contribution in [0.5, 0.6) is 5.88 Å². The van der Waals surface area contributed by atoms with E-state index in [9.17, 15) is 4.79 Å². The Morgan fingerprint density at radius 2 is 2.04 bits per heavy atom. The molecule has 1 fully saturated rings. The minimum absolute atomic E-state index is 0.0831. The standard InChI is InChI=1S/C18H22N8O2/c1-12-3-4-14(28-16-9-13(19)5-6-20-16)10-25(12)18(27)15-11-24(2)23-17(15)26-21-7-8-22-26/h5-9,11-12,14H,3-4,10H2,1-2H3,(H2,19,20). The molecule has 0 spiro atoms. The maximum absolute atomic E-state index is 13.3. The van der Waals surface area contributed by atoms with Gasteiger partial charge in [0, 0.05) is 37.2 Å². The molecular weight excluding hydrogens is 360 g/mol. The number of pyridine rings is 1. The summed E-state index contributed by atoms with van der Waals surface area (Å²) in [5, 5.41) is 12.5. The molecule has 0 aliphatic carbocycles. The van der Waals surface area contributed by atoms with Gasteiger partial charge in [0.05, 0.1) is 18.9 Å². The zero-order chi connectivity index (χ0) is 19.7. The zero-order valence-electron chi connectivity index (χ0n) is 15.8. The van der Waals surface area contributed by atoms with Crippen molar-refractivity contribution in [3.8, 4) is 11.7 Å². The number of nitrogens with zero attached hydrogens (tertiary/aromatic N) is 7. The van der Waals surface area contributed by atoms with Crippen LogP contribution < -0.4 is 10.5 Å². The second-order valence-electron chi connectivity index (χ2n) is 6.91. The molecule has 3 aromatic heterocycles. The van der Waals surface area contributed by atoms with E-state index in [0.717, 1.165) is 12.8 Å². The Morgan fingerprint density at radius 3 is 2.79 bits per heavy atom. The van der Waals surface area contributed by atoms with Crippen molar-refractivity contribution < 1.29 is 9.53 Å². The summed E-state index contributed by atoms with van der Waals surface area (Å²) in [6.45, 7) is 2.49. The number of nitrogens with two attached hydrogens (primary N) is 1. The first-order valence-corrected chi connectivity index (χ1v) is 9.10. The molecule has 10 nitrogen and oxygen atoms in total. The lowest BCUT2D eigenvalue weighted by Gasteiger charge is -2.37. The predicted octanol–water partition coefficient (Wildman–Crippen LogP) is 1.05. The number of likely N-dealkylation sites (tertiary alicyclic amines) is 1. The predicted molar refractivity (Wildman–Crippen MR) is 101 cm³/mol. The summed E-state index contributed by atoms with van der Waals surface area (Å²) in [5.41, 5.74) is 6.84. The molecule has 0 bridgehead atoms. The molecule has 4 rings (SSSR count). The van der Waals surface area contributed by atoms with Gasteiger partial charge in [-0.2, -0.15) is 15.3 Å². The summed E-state index contributed by atoms with van der Waals surface area (Å²) in [4.78, 5) is 20.7. The Hall–Kier alpha value is -3.43. The van der Waals surface area contributed by atoms with Gasteiger partial charge < -0.3 is 15.4 Å². The molecule has 0 saturated carbocycles. The van der Waals surface area contributed by atoms with Gasteiger partial charge in [0.15, 0.2) is 0 Å². The smallest absolute Gasteiger partial charge is 0.259 e. The van der Waals surface area contributed by atoms with Crippen LogP contribution in [0.1, 0.15) is 30.1 Å². The molecule has 1 saturated heterocycles. The van der Waals surface area contributed by atoms with Crippen LogP contribution in [0.4, 0.5) is 5.69 Å². The number of anilines is 1. The van der Waals surface area contributed by atoms with Crippen molar-refractivity contribution >= 4 is 11.6 Å². The molecule has 2 N–H and O–H groups in total. The van der Waals surface area contributed by atoms with E-state index in [-0.39, 0.29) is 18.1 Å². The molecule has 2 unspecified atom stereocenters. The van der Waals surface area contributed by atoms with Crippen molar-refractivity contribution in [1.82, 2.24) is 34.7 Å². The number of nitrogen functional groups attached to an aromatic ring is 1. The SMILES string of the molecule is CC1CCC(Oc2cc(N)ccn2)CN1C(=O)c1cn(C)nc1-n1nccn1. The number of hydrogen-bond donors (Lipinski definition) is 1. The Kier molecular flexibility index (Phi) is 4.68. The number of carbonyl (C=O) groups is 1. The maximum atomic E-state index is 13.3. The molecule has 2 atom stereocenters. The summed E-state index contributed by atoms with van der Waals surface area (Å²) in [7, 11) is 1.76. The van der Waals surface area contributed by atoms with E-state index < -0.39 is 0 Å². The number of aromatic nitrogens is 6. The van der Waals surface area contributed by atoms with Crippen LogP contribution in [0.2, 0.25) is 0 Å². The Labute approximate surface area is 161 Å². The average Bonchev–Trinajstić information content (AvgIpc) is 3.32. The van der Waals surface area contributed by atoms with E-state index in [2.05, 4.69) is 20.3 Å². The molecule has 0 radical (unpaired) electrons. The first kappa shape index (κ1) is 18.0. The third-order valence-electron chi connectivity index (χ3n) is 4.79. The lowest BCUT2D eigenvalue weighted by Crippen LogP contribution is -2.49. The van der Waals surface area contributed by atoms with Gasteiger partial charge in [0.2, 0.25) is 11.7 Å². The van der Waals surface area contributed by atoms with E-state index in [1.807, 2.05) is 11.8 Å². The number of aryl methyl sites for hydroxylation is 1. The van der Waals surface area contributed by atoms with Crippen LogP contribution in [-0.2, 0) is 7.05 Å². The second-order valence-corrected chi connectivity index (χ2v) is 6.91. The highest BCUT2D eigenvalue weighted by atomic mass is 16.5. The fourth-order valence-electron chi connectivity index (χ4n) is 3.37. The summed E-state index contributed by atoms with van der Waals surface area (Å²) >= 11 is 0. The van der Waals surface area contributed by atoms with Crippen molar-refractivity contribution in [1.29, 1.82) is 0 Å². The third-order valence-corrected chi connectivity index (χ3v) is 4.79. The summed E-state index contributed by atoms with van der Waals surface area (Å²) < 4.78 is 7.56. The number of carbonyl (C=O) groups excluding carboxylic acids is 1. The van der Waals surface area contributed by atoms with E-state index in [4.69, 9.17) is 10.5 Å². The minimum atomic E-state index is -0.155. The Balaban J connectivity index is 1.55. The van der Waals surface area contributed by atoms with Crippen LogP contribution in [0.3, 0.4) is 0 Å². The monoisotopic (exact) mass is 382 g/mol. The largest absolute Gasteiger partial charge is 0.472 e. The topological polar surface area (TPSA) is 117 Å². The second kappa shape index (κ2) is 7.29. The molecule has 28 heavy (non-hydrogen) atoms. The molecule has 1 aliphatic rings. The average molecular weight is 382 g/mol. The highest BCUT2D eigenvalue weighted by molar-refractivity contribution is 5.97. The molecule has 146 valence electrons. The first-order valence-electron chi connectivity index (χ1n) is 9.10. The molecule has 1 amide bonds. The Bertz CT molecular complexity index is 968. The summed E-state index contributed by atoms with van der Waals surface area (Å²) in [5.74, 6) is 0.752. The van der Waals surface area contributed by atoms with Crippen molar-refractivity contribution in [3.05, 3.63) is 42.5 Å². The van der Waals surface area contributed by atoms with E-state index in [1.165, 1.54) is 4.80 Å². The van der Waals surface area contributed by atoms with Gasteiger partial charge >= 0.3 is 0 Å². The fraction of sp³-hybridized carbons (Fsp3) is 0.389. The summed E-state index contributed by atoms with van der Waals surface area (Å²) in [6.07, 6.45) is 7.91. The van der Waals surface area contributed by atoms with Crippen LogP contribution in [-0.4, -0.2) is 59.3 Å². The number of hydrogen-bond acceptors (Lipinski definition) is 7. The van der Waals surface area contributed by atoms with Gasteiger partial charge in [-0.25, -0.2) is 4.98 Å². The third kappa shape index (κ3) is 3.53. The normalized spacial score (nSPS) is 19.6. The van der Waals surface area contributed by atoms with Gasteiger partial charge in [-0.3, -0.25) is 9.48 Å². The van der Waals surface area contributed by atoms with E-state index >= 15 is 0 Å². The molecule has 1 aliphatic heterocycles.